The van der Waals surface area contributed by atoms with Gasteiger partial charge in [0.15, 0.2) is 0 Å². The fourth-order valence-corrected chi connectivity index (χ4v) is 1.45. The molecule has 0 fully saturated rings. The minimum atomic E-state index is -1.45. The summed E-state index contributed by atoms with van der Waals surface area (Å²) in [5.74, 6) is -7.94. The zero-order valence-corrected chi connectivity index (χ0v) is 9.55. The number of rotatable bonds is 2. The lowest BCUT2D eigenvalue weighted by atomic mass is 10.1. The van der Waals surface area contributed by atoms with Crippen LogP contribution < -0.4 is 5.32 Å². The van der Waals surface area contributed by atoms with Gasteiger partial charge in [-0.15, -0.1) is 0 Å². The van der Waals surface area contributed by atoms with Crippen molar-refractivity contribution in [2.75, 3.05) is 5.32 Å². The molecule has 2 aromatic rings. The Morgan fingerprint density at radius 3 is 2.15 bits per heavy atom. The summed E-state index contributed by atoms with van der Waals surface area (Å²) in [4.78, 5) is 14.4. The van der Waals surface area contributed by atoms with Gasteiger partial charge in [-0.2, -0.15) is 13.8 Å². The molecule has 0 unspecified atom stereocenters. The van der Waals surface area contributed by atoms with Gasteiger partial charge >= 0.3 is 0 Å². The van der Waals surface area contributed by atoms with Crippen LogP contribution in [-0.4, -0.2) is 10.9 Å². The fraction of sp³-hybridized carbons (Fsp3) is 0. The molecule has 0 aliphatic rings. The molecule has 0 spiro atoms. The average Bonchev–Trinajstić information content (AvgIpc) is 2.31. The Labute approximate surface area is 109 Å². The Hall–Kier alpha value is -2.51. The summed E-state index contributed by atoms with van der Waals surface area (Å²) in [6.07, 6.45) is 0. The lowest BCUT2D eigenvalue weighted by molar-refractivity contribution is 0.101. The van der Waals surface area contributed by atoms with E-state index in [1.54, 1.807) is 0 Å². The first-order valence-corrected chi connectivity index (χ1v) is 5.16. The van der Waals surface area contributed by atoms with Crippen LogP contribution in [0, 0.1) is 29.3 Å². The first kappa shape index (κ1) is 13.9. The number of hydrogen-bond donors (Lipinski definition) is 1. The molecule has 1 heterocycles. The molecular formula is C12H5F5N2O. The molecule has 0 aliphatic carbocycles. The predicted octanol–water partition coefficient (Wildman–Crippen LogP) is 3.03. The Kier molecular flexibility index (Phi) is 3.64. The van der Waals surface area contributed by atoms with E-state index in [0.29, 0.717) is 12.1 Å². The first-order chi connectivity index (χ1) is 9.38. The van der Waals surface area contributed by atoms with Crippen molar-refractivity contribution in [3.8, 4) is 0 Å². The highest BCUT2D eigenvalue weighted by atomic mass is 19.2. The topological polar surface area (TPSA) is 42.0 Å². The molecular weight excluding hydrogens is 283 g/mol. The molecule has 8 heteroatoms. The molecule has 1 amide bonds. The van der Waals surface area contributed by atoms with E-state index in [1.165, 1.54) is 0 Å². The van der Waals surface area contributed by atoms with Crippen LogP contribution in [-0.2, 0) is 0 Å². The smallest absolute Gasteiger partial charge is 0.261 e. The molecule has 0 saturated heterocycles. The molecule has 20 heavy (non-hydrogen) atoms. The summed E-state index contributed by atoms with van der Waals surface area (Å²) in [5.41, 5.74) is -1.66. The lowest BCUT2D eigenvalue weighted by Crippen LogP contribution is -2.17. The number of nitrogens with one attached hydrogen (secondary N) is 1. The maximum absolute atomic E-state index is 13.3. The molecule has 0 saturated carbocycles. The van der Waals surface area contributed by atoms with Crippen molar-refractivity contribution in [2.24, 2.45) is 0 Å². The van der Waals surface area contributed by atoms with Crippen molar-refractivity contribution < 1.29 is 26.7 Å². The van der Waals surface area contributed by atoms with Gasteiger partial charge in [0.2, 0.25) is 11.9 Å². The third-order valence-electron chi connectivity index (χ3n) is 2.30. The van der Waals surface area contributed by atoms with Crippen molar-refractivity contribution in [3.05, 3.63) is 59.2 Å². The highest BCUT2D eigenvalue weighted by Gasteiger charge is 2.20. The zero-order valence-electron chi connectivity index (χ0n) is 9.55. The van der Waals surface area contributed by atoms with E-state index in [4.69, 9.17) is 0 Å². The van der Waals surface area contributed by atoms with E-state index in [1.807, 2.05) is 5.32 Å². The van der Waals surface area contributed by atoms with Gasteiger partial charge in [0.25, 0.3) is 5.91 Å². The van der Waals surface area contributed by atoms with Crippen molar-refractivity contribution in [2.45, 2.75) is 0 Å². The van der Waals surface area contributed by atoms with Crippen LogP contribution in [0.2, 0.25) is 0 Å². The zero-order chi connectivity index (χ0) is 14.9. The van der Waals surface area contributed by atoms with E-state index in [0.717, 1.165) is 12.1 Å². The normalized spacial score (nSPS) is 10.4. The number of nitrogens with zero attached hydrogens (tertiary/aromatic N) is 1. The molecule has 0 radical (unpaired) electrons. The number of hydrogen-bond acceptors (Lipinski definition) is 2. The van der Waals surface area contributed by atoms with E-state index >= 15 is 0 Å². The second kappa shape index (κ2) is 5.24. The van der Waals surface area contributed by atoms with Crippen LogP contribution in [0.3, 0.4) is 0 Å². The number of benzene rings is 1. The van der Waals surface area contributed by atoms with E-state index in [9.17, 15) is 26.7 Å². The SMILES string of the molecule is O=C(Nc1ccc(F)nc1F)c1c(F)cc(F)cc1F. The Bertz CT molecular complexity index is 667. The van der Waals surface area contributed by atoms with Crippen LogP contribution >= 0.6 is 0 Å². The number of amides is 1. The molecule has 1 N–H and O–H groups in total. The van der Waals surface area contributed by atoms with Crippen molar-refractivity contribution in [1.29, 1.82) is 0 Å². The Morgan fingerprint density at radius 1 is 1.00 bits per heavy atom. The largest absolute Gasteiger partial charge is 0.318 e. The van der Waals surface area contributed by atoms with Crippen LogP contribution in [0.5, 0.6) is 0 Å². The highest BCUT2D eigenvalue weighted by Crippen LogP contribution is 2.18. The number of carbonyl (C=O) groups is 1. The van der Waals surface area contributed by atoms with Gasteiger partial charge in [-0.3, -0.25) is 4.79 Å². The maximum atomic E-state index is 13.3. The summed E-state index contributed by atoms with van der Waals surface area (Å²) in [7, 11) is 0. The summed E-state index contributed by atoms with van der Waals surface area (Å²) in [6.45, 7) is 0. The number of aromatic nitrogens is 1. The number of halogens is 5. The van der Waals surface area contributed by atoms with Crippen molar-refractivity contribution in [3.63, 3.8) is 0 Å². The molecule has 3 nitrogen and oxygen atoms in total. The summed E-state index contributed by atoms with van der Waals surface area (Å²) in [5, 5.41) is 1.81. The maximum Gasteiger partial charge on any atom is 0.261 e. The van der Waals surface area contributed by atoms with Gasteiger partial charge in [0, 0.05) is 12.1 Å². The fourth-order valence-electron chi connectivity index (χ4n) is 1.45. The quantitative estimate of drug-likeness (QED) is 0.681. The van der Waals surface area contributed by atoms with Gasteiger partial charge < -0.3 is 5.32 Å². The molecule has 1 aromatic carbocycles. The van der Waals surface area contributed by atoms with Gasteiger partial charge in [-0.05, 0) is 12.1 Å². The third kappa shape index (κ3) is 2.73. The monoisotopic (exact) mass is 288 g/mol. The number of carbonyl (C=O) groups excluding carboxylic acids is 1. The summed E-state index contributed by atoms with van der Waals surface area (Å²) in [6, 6.07) is 2.18. The molecule has 0 atom stereocenters. The van der Waals surface area contributed by atoms with Gasteiger partial charge in [0.1, 0.15) is 23.0 Å². The minimum Gasteiger partial charge on any atom is -0.318 e. The first-order valence-electron chi connectivity index (χ1n) is 5.16. The standard InChI is InChI=1S/C12H5F5N2O/c13-5-3-6(14)10(7(15)4-5)12(20)18-8-1-2-9(16)19-11(8)17/h1-4H,(H,18,20). The number of anilines is 1. The van der Waals surface area contributed by atoms with Crippen molar-refractivity contribution in [1.82, 2.24) is 4.98 Å². The van der Waals surface area contributed by atoms with Crippen LogP contribution in [0.15, 0.2) is 24.3 Å². The molecule has 0 bridgehead atoms. The number of pyridine rings is 1. The summed E-state index contributed by atoms with van der Waals surface area (Å²) >= 11 is 0. The Balaban J connectivity index is 2.33. The van der Waals surface area contributed by atoms with Crippen LogP contribution in [0.25, 0.3) is 0 Å². The van der Waals surface area contributed by atoms with E-state index in [-0.39, 0.29) is 0 Å². The second-order valence-corrected chi connectivity index (χ2v) is 3.67. The predicted molar refractivity (Wildman–Crippen MR) is 58.4 cm³/mol. The summed E-state index contributed by atoms with van der Waals surface area (Å²) < 4.78 is 65.1. The average molecular weight is 288 g/mol. The Morgan fingerprint density at radius 2 is 1.60 bits per heavy atom. The van der Waals surface area contributed by atoms with Crippen molar-refractivity contribution >= 4 is 11.6 Å². The van der Waals surface area contributed by atoms with E-state index < -0.39 is 46.5 Å². The van der Waals surface area contributed by atoms with Gasteiger partial charge in [-0.25, -0.2) is 13.2 Å². The molecule has 104 valence electrons. The molecule has 2 rings (SSSR count). The minimum absolute atomic E-state index is 0.303. The van der Waals surface area contributed by atoms with E-state index in [2.05, 4.69) is 4.98 Å². The van der Waals surface area contributed by atoms with Gasteiger partial charge in [0.05, 0.1) is 5.69 Å². The van der Waals surface area contributed by atoms with Crippen LogP contribution in [0.1, 0.15) is 10.4 Å². The van der Waals surface area contributed by atoms with Gasteiger partial charge in [-0.1, -0.05) is 0 Å². The molecule has 0 aliphatic heterocycles. The lowest BCUT2D eigenvalue weighted by Gasteiger charge is -2.07. The second-order valence-electron chi connectivity index (χ2n) is 3.67. The molecule has 1 aromatic heterocycles. The van der Waals surface area contributed by atoms with Crippen LogP contribution in [0.4, 0.5) is 27.6 Å². The third-order valence-corrected chi connectivity index (χ3v) is 2.30. The highest BCUT2D eigenvalue weighted by molar-refractivity contribution is 6.04.